The molecule has 3 rings (SSSR count). The van der Waals surface area contributed by atoms with Gasteiger partial charge in [0.25, 0.3) is 0 Å². The van der Waals surface area contributed by atoms with Crippen molar-refractivity contribution in [2.45, 2.75) is 37.8 Å². The first-order valence-electron chi connectivity index (χ1n) is 6.48. The van der Waals surface area contributed by atoms with Crippen LogP contribution in [0.5, 0.6) is 0 Å². The van der Waals surface area contributed by atoms with Crippen LogP contribution in [0, 0.1) is 0 Å². The zero-order valence-electron chi connectivity index (χ0n) is 10.0. The van der Waals surface area contributed by atoms with E-state index in [9.17, 15) is 0 Å². The minimum atomic E-state index is 0.417. The third-order valence-electron chi connectivity index (χ3n) is 3.88. The van der Waals surface area contributed by atoms with Gasteiger partial charge in [0.15, 0.2) is 0 Å². The van der Waals surface area contributed by atoms with Gasteiger partial charge in [-0.2, -0.15) is 0 Å². The lowest BCUT2D eigenvalue weighted by Gasteiger charge is -2.38. The molecule has 90 valence electrons. The molecule has 0 unspecified atom stereocenters. The lowest BCUT2D eigenvalue weighted by atomic mass is 9.90. The van der Waals surface area contributed by atoms with Gasteiger partial charge in [-0.3, -0.25) is 4.99 Å². The van der Waals surface area contributed by atoms with Crippen LogP contribution >= 0.6 is 0 Å². The number of aliphatic imine (C=N–C) groups is 1. The van der Waals surface area contributed by atoms with Crippen LogP contribution in [0.1, 0.15) is 25.7 Å². The monoisotopic (exact) mass is 229 g/mol. The molecule has 3 nitrogen and oxygen atoms in total. The topological polar surface area (TPSA) is 41.6 Å². The summed E-state index contributed by atoms with van der Waals surface area (Å²) >= 11 is 0. The molecule has 1 aromatic carbocycles. The third kappa shape index (κ3) is 2.07. The van der Waals surface area contributed by atoms with E-state index in [1.165, 1.54) is 18.5 Å². The Labute approximate surface area is 102 Å². The van der Waals surface area contributed by atoms with Crippen molar-refractivity contribution in [2.75, 3.05) is 11.4 Å². The number of hydrogen-bond acceptors (Lipinski definition) is 3. The number of benzene rings is 1. The van der Waals surface area contributed by atoms with Gasteiger partial charge in [-0.25, -0.2) is 0 Å². The summed E-state index contributed by atoms with van der Waals surface area (Å²) in [7, 11) is 0. The van der Waals surface area contributed by atoms with Gasteiger partial charge in [0.2, 0.25) is 0 Å². The quantitative estimate of drug-likeness (QED) is 0.803. The van der Waals surface area contributed by atoms with Gasteiger partial charge in [-0.05, 0) is 37.8 Å². The normalized spacial score (nSPS) is 27.9. The van der Waals surface area contributed by atoms with E-state index >= 15 is 0 Å². The molecular formula is C14H19N3. The first-order valence-corrected chi connectivity index (χ1v) is 6.48. The zero-order valence-corrected chi connectivity index (χ0v) is 10.0. The number of para-hydroxylation sites is 2. The van der Waals surface area contributed by atoms with Crippen LogP contribution < -0.4 is 10.6 Å². The Morgan fingerprint density at radius 3 is 2.71 bits per heavy atom. The summed E-state index contributed by atoms with van der Waals surface area (Å²) in [5.74, 6) is 0. The molecule has 2 N–H and O–H groups in total. The Morgan fingerprint density at radius 2 is 1.88 bits per heavy atom. The van der Waals surface area contributed by atoms with Crippen LogP contribution in [0.4, 0.5) is 11.4 Å². The zero-order chi connectivity index (χ0) is 11.7. The molecule has 1 aromatic rings. The van der Waals surface area contributed by atoms with Gasteiger partial charge in [-0.15, -0.1) is 0 Å². The van der Waals surface area contributed by atoms with Crippen molar-refractivity contribution < 1.29 is 0 Å². The van der Waals surface area contributed by atoms with E-state index in [1.807, 2.05) is 6.21 Å². The minimum Gasteiger partial charge on any atom is -0.362 e. The molecule has 1 aliphatic carbocycles. The molecular weight excluding hydrogens is 210 g/mol. The van der Waals surface area contributed by atoms with Crippen LogP contribution in [0.15, 0.2) is 29.3 Å². The van der Waals surface area contributed by atoms with Gasteiger partial charge in [0, 0.05) is 18.3 Å². The average Bonchev–Trinajstić information content (AvgIpc) is 2.39. The number of rotatable bonds is 1. The van der Waals surface area contributed by atoms with Gasteiger partial charge in [-0.1, -0.05) is 12.1 Å². The minimum absolute atomic E-state index is 0.417. The molecule has 2 aliphatic rings. The largest absolute Gasteiger partial charge is 0.362 e. The fourth-order valence-electron chi connectivity index (χ4n) is 2.90. The lowest BCUT2D eigenvalue weighted by Crippen LogP contribution is -2.42. The van der Waals surface area contributed by atoms with Gasteiger partial charge in [0.05, 0.1) is 17.9 Å². The van der Waals surface area contributed by atoms with Crippen LogP contribution in [-0.4, -0.2) is 24.8 Å². The maximum Gasteiger partial charge on any atom is 0.0860 e. The number of fused-ring (bicyclic) bond motifs is 1. The molecule has 0 radical (unpaired) electrons. The lowest BCUT2D eigenvalue weighted by molar-refractivity contribution is 0.382. The first-order chi connectivity index (χ1) is 8.34. The van der Waals surface area contributed by atoms with Crippen molar-refractivity contribution in [1.29, 1.82) is 0 Å². The van der Waals surface area contributed by atoms with E-state index in [-0.39, 0.29) is 0 Å². The highest BCUT2D eigenvalue weighted by atomic mass is 15.2. The highest BCUT2D eigenvalue weighted by Gasteiger charge is 2.26. The van der Waals surface area contributed by atoms with E-state index < -0.39 is 0 Å². The molecule has 1 heterocycles. The molecule has 0 atom stereocenters. The van der Waals surface area contributed by atoms with Crippen molar-refractivity contribution in [3.8, 4) is 0 Å². The molecule has 1 fully saturated rings. The summed E-state index contributed by atoms with van der Waals surface area (Å²) in [5.41, 5.74) is 8.37. The Kier molecular flexibility index (Phi) is 2.85. The Hall–Kier alpha value is -1.35. The summed E-state index contributed by atoms with van der Waals surface area (Å²) in [5, 5.41) is 0. The highest BCUT2D eigenvalue weighted by Crippen LogP contribution is 2.35. The van der Waals surface area contributed by atoms with E-state index in [2.05, 4.69) is 34.2 Å². The van der Waals surface area contributed by atoms with Crippen molar-refractivity contribution in [3.63, 3.8) is 0 Å². The maximum atomic E-state index is 5.98. The predicted molar refractivity (Wildman–Crippen MR) is 72.2 cm³/mol. The molecule has 17 heavy (non-hydrogen) atoms. The van der Waals surface area contributed by atoms with E-state index in [4.69, 9.17) is 5.73 Å². The molecule has 0 aromatic heterocycles. The SMILES string of the molecule is NC1CCC(N2CC=Nc3ccccc32)CC1. The standard InChI is InChI=1S/C14H19N3/c15-11-5-7-12(8-6-11)17-10-9-16-13-3-1-2-4-14(13)17/h1-4,9,11-12H,5-8,10,15H2. The molecule has 0 bridgehead atoms. The number of anilines is 1. The number of hydrogen-bond donors (Lipinski definition) is 1. The third-order valence-corrected chi connectivity index (χ3v) is 3.88. The Bertz CT molecular complexity index is 419. The van der Waals surface area contributed by atoms with Crippen molar-refractivity contribution in [1.82, 2.24) is 0 Å². The summed E-state index contributed by atoms with van der Waals surface area (Å²) in [6, 6.07) is 9.48. The smallest absolute Gasteiger partial charge is 0.0860 e. The molecule has 1 aliphatic heterocycles. The summed E-state index contributed by atoms with van der Waals surface area (Å²) in [6.07, 6.45) is 6.75. The van der Waals surface area contributed by atoms with Crippen molar-refractivity contribution >= 4 is 17.6 Å². The molecule has 3 heteroatoms. The summed E-state index contributed by atoms with van der Waals surface area (Å²) in [6.45, 7) is 0.941. The number of nitrogens with two attached hydrogens (primary N) is 1. The van der Waals surface area contributed by atoms with E-state index in [0.29, 0.717) is 12.1 Å². The van der Waals surface area contributed by atoms with Gasteiger partial charge in [0.1, 0.15) is 0 Å². The Morgan fingerprint density at radius 1 is 1.12 bits per heavy atom. The van der Waals surface area contributed by atoms with Crippen molar-refractivity contribution in [3.05, 3.63) is 24.3 Å². The molecule has 1 saturated carbocycles. The second-order valence-corrected chi connectivity index (χ2v) is 5.02. The fourth-order valence-corrected chi connectivity index (χ4v) is 2.90. The predicted octanol–water partition coefficient (Wildman–Crippen LogP) is 2.48. The van der Waals surface area contributed by atoms with Crippen LogP contribution in [0.2, 0.25) is 0 Å². The summed E-state index contributed by atoms with van der Waals surface area (Å²) in [4.78, 5) is 6.96. The molecule has 0 amide bonds. The van der Waals surface area contributed by atoms with Crippen LogP contribution in [0.25, 0.3) is 0 Å². The highest BCUT2D eigenvalue weighted by molar-refractivity contribution is 5.81. The Balaban J connectivity index is 1.83. The second-order valence-electron chi connectivity index (χ2n) is 5.02. The summed E-state index contributed by atoms with van der Waals surface area (Å²) < 4.78 is 0. The van der Waals surface area contributed by atoms with E-state index in [1.54, 1.807) is 0 Å². The van der Waals surface area contributed by atoms with Crippen molar-refractivity contribution in [2.24, 2.45) is 10.7 Å². The average molecular weight is 229 g/mol. The van der Waals surface area contributed by atoms with Crippen LogP contribution in [-0.2, 0) is 0 Å². The van der Waals surface area contributed by atoms with Gasteiger partial charge >= 0.3 is 0 Å². The molecule has 0 spiro atoms. The van der Waals surface area contributed by atoms with E-state index in [0.717, 1.165) is 25.1 Å². The maximum absolute atomic E-state index is 5.98. The molecule has 0 saturated heterocycles. The van der Waals surface area contributed by atoms with Crippen LogP contribution in [0.3, 0.4) is 0 Å². The fraction of sp³-hybridized carbons (Fsp3) is 0.500. The first kappa shape index (κ1) is 10.8. The van der Waals surface area contributed by atoms with Gasteiger partial charge < -0.3 is 10.6 Å². The second kappa shape index (κ2) is 4.49. The number of nitrogens with zero attached hydrogens (tertiary/aromatic N) is 2.